The van der Waals surface area contributed by atoms with Gasteiger partial charge in [-0.05, 0) is 43.9 Å². The van der Waals surface area contributed by atoms with Crippen LogP contribution in [-0.4, -0.2) is 78.2 Å². The van der Waals surface area contributed by atoms with Gasteiger partial charge in [-0.1, -0.05) is 18.6 Å². The van der Waals surface area contributed by atoms with Crippen LogP contribution in [0.3, 0.4) is 0 Å². The number of hydrogen-bond acceptors (Lipinski definition) is 4. The van der Waals surface area contributed by atoms with E-state index in [1.54, 1.807) is 4.90 Å². The summed E-state index contributed by atoms with van der Waals surface area (Å²) in [6.07, 6.45) is 3.50. The van der Waals surface area contributed by atoms with Crippen LogP contribution in [0, 0.1) is 13.8 Å². The number of aryl methyl sites for hydroxylation is 1. The minimum Gasteiger partial charge on any atom is -0.339 e. The zero-order chi connectivity index (χ0) is 20.8. The molecule has 2 saturated heterocycles. The maximum Gasteiger partial charge on any atom is 0.242 e. The van der Waals surface area contributed by atoms with E-state index in [-0.39, 0.29) is 24.3 Å². The summed E-state index contributed by atoms with van der Waals surface area (Å²) < 4.78 is 0. The smallest absolute Gasteiger partial charge is 0.242 e. The largest absolute Gasteiger partial charge is 0.339 e. The standard InChI is InChI=1S/C22H32N4O3/c1-17-7-6-8-19(18(17)2)23-20(27)15-24-11-13-25(14-12-24)22(29)16-26-10-5-3-4-9-21(26)28/h6-8H,3-5,9-16H2,1-2H3,(H,23,27). The molecule has 1 N–H and O–H groups in total. The van der Waals surface area contributed by atoms with E-state index in [4.69, 9.17) is 0 Å². The van der Waals surface area contributed by atoms with Crippen molar-refractivity contribution in [2.24, 2.45) is 0 Å². The summed E-state index contributed by atoms with van der Waals surface area (Å²) in [7, 11) is 0. The summed E-state index contributed by atoms with van der Waals surface area (Å²) in [6.45, 7) is 7.74. The first-order chi connectivity index (χ1) is 13.9. The zero-order valence-electron chi connectivity index (χ0n) is 17.6. The Morgan fingerprint density at radius 2 is 1.72 bits per heavy atom. The Bertz CT molecular complexity index is 756. The molecule has 0 radical (unpaired) electrons. The number of benzene rings is 1. The van der Waals surface area contributed by atoms with Crippen molar-refractivity contribution in [3.05, 3.63) is 29.3 Å². The molecule has 3 rings (SSSR count). The van der Waals surface area contributed by atoms with Gasteiger partial charge in [-0.25, -0.2) is 0 Å². The van der Waals surface area contributed by atoms with Crippen LogP contribution < -0.4 is 5.32 Å². The molecule has 2 aliphatic heterocycles. The normalized spacial score (nSPS) is 18.5. The number of nitrogens with one attached hydrogen (secondary N) is 1. The third-order valence-electron chi connectivity index (χ3n) is 5.97. The van der Waals surface area contributed by atoms with Crippen molar-refractivity contribution in [1.82, 2.24) is 14.7 Å². The van der Waals surface area contributed by atoms with E-state index in [9.17, 15) is 14.4 Å². The molecule has 1 aromatic rings. The maximum atomic E-state index is 12.6. The van der Waals surface area contributed by atoms with Crippen LogP contribution in [0.25, 0.3) is 0 Å². The number of carbonyl (C=O) groups excluding carboxylic acids is 3. The molecule has 29 heavy (non-hydrogen) atoms. The average Bonchev–Trinajstić information content (AvgIpc) is 2.90. The predicted octanol–water partition coefficient (Wildman–Crippen LogP) is 1.79. The molecule has 2 fully saturated rings. The highest BCUT2D eigenvalue weighted by atomic mass is 16.2. The van der Waals surface area contributed by atoms with Gasteiger partial charge in [0.15, 0.2) is 0 Å². The molecule has 0 unspecified atom stereocenters. The Kier molecular flexibility index (Phi) is 7.25. The minimum absolute atomic E-state index is 0.0136. The van der Waals surface area contributed by atoms with Crippen LogP contribution >= 0.6 is 0 Å². The lowest BCUT2D eigenvalue weighted by Gasteiger charge is -2.35. The highest BCUT2D eigenvalue weighted by Crippen LogP contribution is 2.18. The van der Waals surface area contributed by atoms with E-state index in [1.807, 2.05) is 36.9 Å². The first-order valence-electron chi connectivity index (χ1n) is 10.6. The van der Waals surface area contributed by atoms with Gasteiger partial charge in [-0.3, -0.25) is 19.3 Å². The fourth-order valence-corrected chi connectivity index (χ4v) is 3.90. The molecule has 2 aliphatic rings. The molecule has 3 amide bonds. The maximum absolute atomic E-state index is 12.6. The molecule has 158 valence electrons. The summed E-state index contributed by atoms with van der Waals surface area (Å²) in [5, 5.41) is 2.99. The van der Waals surface area contributed by atoms with Gasteiger partial charge in [0.2, 0.25) is 17.7 Å². The molecule has 0 saturated carbocycles. The summed E-state index contributed by atoms with van der Waals surface area (Å²) in [5.74, 6) is 0.0750. The second-order valence-electron chi connectivity index (χ2n) is 8.08. The lowest BCUT2D eigenvalue weighted by Crippen LogP contribution is -2.53. The van der Waals surface area contributed by atoms with Crippen LogP contribution in [0.2, 0.25) is 0 Å². The number of amides is 3. The Labute approximate surface area is 173 Å². The van der Waals surface area contributed by atoms with E-state index in [0.29, 0.717) is 45.7 Å². The van der Waals surface area contributed by atoms with Gasteiger partial charge in [-0.2, -0.15) is 0 Å². The van der Waals surface area contributed by atoms with Crippen molar-refractivity contribution in [3.63, 3.8) is 0 Å². The van der Waals surface area contributed by atoms with E-state index in [2.05, 4.69) is 10.2 Å². The topological polar surface area (TPSA) is 73.0 Å². The molecular formula is C22H32N4O3. The molecule has 1 aromatic carbocycles. The first kappa shape index (κ1) is 21.3. The number of hydrogen-bond donors (Lipinski definition) is 1. The number of rotatable bonds is 5. The number of anilines is 1. The quantitative estimate of drug-likeness (QED) is 0.818. The molecule has 7 nitrogen and oxygen atoms in total. The van der Waals surface area contributed by atoms with Gasteiger partial charge in [0.1, 0.15) is 0 Å². The van der Waals surface area contributed by atoms with Crippen molar-refractivity contribution >= 4 is 23.4 Å². The van der Waals surface area contributed by atoms with Crippen LogP contribution in [0.15, 0.2) is 18.2 Å². The molecule has 0 aliphatic carbocycles. The zero-order valence-corrected chi connectivity index (χ0v) is 17.6. The van der Waals surface area contributed by atoms with Crippen molar-refractivity contribution in [3.8, 4) is 0 Å². The fourth-order valence-electron chi connectivity index (χ4n) is 3.90. The molecule has 0 atom stereocenters. The second kappa shape index (κ2) is 9.87. The average molecular weight is 401 g/mol. The van der Waals surface area contributed by atoms with Gasteiger partial charge < -0.3 is 15.1 Å². The van der Waals surface area contributed by atoms with Crippen LogP contribution in [0.1, 0.15) is 36.8 Å². The molecule has 0 bridgehead atoms. The van der Waals surface area contributed by atoms with Crippen LogP contribution in [0.5, 0.6) is 0 Å². The van der Waals surface area contributed by atoms with Gasteiger partial charge in [0.25, 0.3) is 0 Å². The van der Waals surface area contributed by atoms with Gasteiger partial charge in [-0.15, -0.1) is 0 Å². The summed E-state index contributed by atoms with van der Waals surface area (Å²) in [6, 6.07) is 5.89. The van der Waals surface area contributed by atoms with Crippen molar-refractivity contribution in [2.75, 3.05) is 51.1 Å². The highest BCUT2D eigenvalue weighted by Gasteiger charge is 2.26. The molecule has 7 heteroatoms. The lowest BCUT2D eigenvalue weighted by molar-refractivity contribution is -0.141. The van der Waals surface area contributed by atoms with Gasteiger partial charge in [0, 0.05) is 44.8 Å². The Morgan fingerprint density at radius 3 is 2.48 bits per heavy atom. The van der Waals surface area contributed by atoms with Crippen molar-refractivity contribution < 1.29 is 14.4 Å². The Hall–Kier alpha value is -2.41. The minimum atomic E-state index is -0.0337. The highest BCUT2D eigenvalue weighted by molar-refractivity contribution is 5.93. The van der Waals surface area contributed by atoms with Crippen molar-refractivity contribution in [1.29, 1.82) is 0 Å². The third kappa shape index (κ3) is 5.79. The second-order valence-corrected chi connectivity index (χ2v) is 8.08. The number of likely N-dealkylation sites (tertiary alicyclic amines) is 1. The monoisotopic (exact) mass is 400 g/mol. The fraction of sp³-hybridized carbons (Fsp3) is 0.591. The first-order valence-corrected chi connectivity index (χ1v) is 10.6. The van der Waals surface area contributed by atoms with E-state index in [0.717, 1.165) is 36.1 Å². The molecular weight excluding hydrogens is 368 g/mol. The summed E-state index contributed by atoms with van der Waals surface area (Å²) in [5.41, 5.74) is 3.09. The molecule has 0 spiro atoms. The summed E-state index contributed by atoms with van der Waals surface area (Å²) >= 11 is 0. The van der Waals surface area contributed by atoms with Crippen LogP contribution in [0.4, 0.5) is 5.69 Å². The van der Waals surface area contributed by atoms with E-state index in [1.165, 1.54) is 0 Å². The number of carbonyl (C=O) groups is 3. The Balaban J connectivity index is 1.43. The molecule has 0 aromatic heterocycles. The third-order valence-corrected chi connectivity index (χ3v) is 5.97. The van der Waals surface area contributed by atoms with Crippen LogP contribution in [-0.2, 0) is 14.4 Å². The van der Waals surface area contributed by atoms with Gasteiger partial charge in [0.05, 0.1) is 13.1 Å². The number of nitrogens with zero attached hydrogens (tertiary/aromatic N) is 3. The summed E-state index contributed by atoms with van der Waals surface area (Å²) in [4.78, 5) is 42.7. The van der Waals surface area contributed by atoms with E-state index >= 15 is 0 Å². The van der Waals surface area contributed by atoms with E-state index < -0.39 is 0 Å². The van der Waals surface area contributed by atoms with Gasteiger partial charge >= 0.3 is 0 Å². The molecule has 2 heterocycles. The predicted molar refractivity (Wildman–Crippen MR) is 113 cm³/mol. The number of piperazine rings is 1. The Morgan fingerprint density at radius 1 is 0.966 bits per heavy atom. The SMILES string of the molecule is Cc1cccc(NC(=O)CN2CCN(C(=O)CN3CCCCCC3=O)CC2)c1C. The lowest BCUT2D eigenvalue weighted by atomic mass is 10.1. The van der Waals surface area contributed by atoms with Crippen molar-refractivity contribution in [2.45, 2.75) is 39.5 Å².